The second-order valence-corrected chi connectivity index (χ2v) is 6.78. The van der Waals surface area contributed by atoms with E-state index >= 15 is 0 Å². The maximum absolute atomic E-state index is 12.1. The van der Waals surface area contributed by atoms with Crippen LogP contribution in [-0.2, 0) is 11.3 Å². The van der Waals surface area contributed by atoms with Crippen molar-refractivity contribution in [2.75, 3.05) is 26.7 Å². The van der Waals surface area contributed by atoms with Crippen molar-refractivity contribution >= 4 is 5.91 Å². The number of rotatable bonds is 5. The van der Waals surface area contributed by atoms with Crippen LogP contribution in [0.2, 0.25) is 0 Å². The fourth-order valence-corrected chi connectivity index (χ4v) is 3.01. The molecule has 1 amide bonds. The Morgan fingerprint density at radius 2 is 2.05 bits per heavy atom. The number of nitrogens with two attached hydrogens (primary N) is 1. The fourth-order valence-electron chi connectivity index (χ4n) is 3.01. The van der Waals surface area contributed by atoms with Crippen LogP contribution >= 0.6 is 0 Å². The Balaban J connectivity index is 1.81. The standard InChI is InChI=1S/C17H27N3O/c1-17(2,18)16(21)19(3)11-15-9-10-20(13-15)12-14-7-5-4-6-8-14/h4-8,15H,9-13,18H2,1-3H3. The lowest BCUT2D eigenvalue weighted by Gasteiger charge is -2.28. The van der Waals surface area contributed by atoms with Crippen LogP contribution in [0.4, 0.5) is 0 Å². The van der Waals surface area contributed by atoms with Crippen LogP contribution in [-0.4, -0.2) is 47.9 Å². The third-order valence-electron chi connectivity index (χ3n) is 4.05. The molecule has 0 spiro atoms. The third kappa shape index (κ3) is 4.55. The Morgan fingerprint density at radius 1 is 1.38 bits per heavy atom. The molecule has 0 saturated carbocycles. The van der Waals surface area contributed by atoms with Crippen LogP contribution in [0.25, 0.3) is 0 Å². The predicted molar refractivity (Wildman–Crippen MR) is 85.7 cm³/mol. The van der Waals surface area contributed by atoms with Gasteiger partial charge in [0.15, 0.2) is 0 Å². The summed E-state index contributed by atoms with van der Waals surface area (Å²) < 4.78 is 0. The molecule has 0 aromatic heterocycles. The van der Waals surface area contributed by atoms with Gasteiger partial charge in [-0.25, -0.2) is 0 Å². The Labute approximate surface area is 127 Å². The van der Waals surface area contributed by atoms with E-state index in [1.54, 1.807) is 18.7 Å². The quantitative estimate of drug-likeness (QED) is 0.897. The van der Waals surface area contributed by atoms with Crippen LogP contribution in [0, 0.1) is 5.92 Å². The molecule has 0 aliphatic carbocycles. The molecule has 2 N–H and O–H groups in total. The maximum Gasteiger partial charge on any atom is 0.241 e. The van der Waals surface area contributed by atoms with Gasteiger partial charge in [0.1, 0.15) is 0 Å². The van der Waals surface area contributed by atoms with E-state index in [0.717, 1.165) is 32.6 Å². The van der Waals surface area contributed by atoms with Crippen molar-refractivity contribution in [2.24, 2.45) is 11.7 Å². The molecule has 1 atom stereocenters. The zero-order valence-electron chi connectivity index (χ0n) is 13.4. The summed E-state index contributed by atoms with van der Waals surface area (Å²) in [6.45, 7) is 7.48. The summed E-state index contributed by atoms with van der Waals surface area (Å²) in [6, 6.07) is 10.5. The molecule has 1 aliphatic heterocycles. The number of benzene rings is 1. The van der Waals surface area contributed by atoms with Gasteiger partial charge in [-0.2, -0.15) is 0 Å². The van der Waals surface area contributed by atoms with E-state index in [1.807, 2.05) is 13.1 Å². The number of nitrogens with zero attached hydrogens (tertiary/aromatic N) is 2. The SMILES string of the molecule is CN(CC1CCN(Cc2ccccc2)C1)C(=O)C(C)(C)N. The molecule has 21 heavy (non-hydrogen) atoms. The van der Waals surface area contributed by atoms with Gasteiger partial charge in [0, 0.05) is 26.7 Å². The van der Waals surface area contributed by atoms with Crippen LogP contribution < -0.4 is 5.73 Å². The molecule has 1 fully saturated rings. The molecule has 1 aromatic carbocycles. The van der Waals surface area contributed by atoms with Gasteiger partial charge in [-0.3, -0.25) is 9.69 Å². The Morgan fingerprint density at radius 3 is 2.67 bits per heavy atom. The van der Waals surface area contributed by atoms with Gasteiger partial charge in [-0.1, -0.05) is 30.3 Å². The summed E-state index contributed by atoms with van der Waals surface area (Å²) in [5.74, 6) is 0.564. The summed E-state index contributed by atoms with van der Waals surface area (Å²) in [7, 11) is 1.86. The molecule has 116 valence electrons. The van der Waals surface area contributed by atoms with Crippen molar-refractivity contribution in [3.8, 4) is 0 Å². The molecule has 1 aliphatic rings. The molecular formula is C17H27N3O. The molecule has 0 bridgehead atoms. The van der Waals surface area contributed by atoms with E-state index in [4.69, 9.17) is 5.73 Å². The van der Waals surface area contributed by atoms with Crippen molar-refractivity contribution < 1.29 is 4.79 Å². The average molecular weight is 289 g/mol. The number of likely N-dealkylation sites (N-methyl/N-ethyl adjacent to an activating group) is 1. The lowest BCUT2D eigenvalue weighted by atomic mass is 10.0. The minimum absolute atomic E-state index is 0.0176. The minimum atomic E-state index is -0.781. The van der Waals surface area contributed by atoms with E-state index in [0.29, 0.717) is 5.92 Å². The first-order valence-corrected chi connectivity index (χ1v) is 7.67. The number of carbonyl (C=O) groups excluding carboxylic acids is 1. The summed E-state index contributed by atoms with van der Waals surface area (Å²) in [4.78, 5) is 16.4. The van der Waals surface area contributed by atoms with Gasteiger partial charge in [-0.05, 0) is 38.3 Å². The second kappa shape index (κ2) is 6.58. The van der Waals surface area contributed by atoms with E-state index in [-0.39, 0.29) is 5.91 Å². The van der Waals surface area contributed by atoms with Crippen molar-refractivity contribution in [3.63, 3.8) is 0 Å². The van der Waals surface area contributed by atoms with Crippen LogP contribution in [0.1, 0.15) is 25.8 Å². The molecule has 1 unspecified atom stereocenters. The Kier molecular flexibility index (Phi) is 5.01. The van der Waals surface area contributed by atoms with Crippen LogP contribution in [0.3, 0.4) is 0 Å². The Bertz CT molecular complexity index is 467. The molecular weight excluding hydrogens is 262 g/mol. The molecule has 4 nitrogen and oxygen atoms in total. The summed E-state index contributed by atoms with van der Waals surface area (Å²) >= 11 is 0. The summed E-state index contributed by atoms with van der Waals surface area (Å²) in [6.07, 6.45) is 1.15. The lowest BCUT2D eigenvalue weighted by molar-refractivity contribution is -0.134. The fraction of sp³-hybridized carbons (Fsp3) is 0.588. The van der Waals surface area contributed by atoms with Crippen molar-refractivity contribution in [1.29, 1.82) is 0 Å². The van der Waals surface area contributed by atoms with Crippen molar-refractivity contribution in [2.45, 2.75) is 32.4 Å². The first-order chi connectivity index (χ1) is 9.86. The van der Waals surface area contributed by atoms with Crippen LogP contribution in [0.15, 0.2) is 30.3 Å². The third-order valence-corrected chi connectivity index (χ3v) is 4.05. The number of likely N-dealkylation sites (tertiary alicyclic amines) is 1. The molecule has 2 rings (SSSR count). The highest BCUT2D eigenvalue weighted by molar-refractivity contribution is 5.84. The molecule has 0 radical (unpaired) electrons. The lowest BCUT2D eigenvalue weighted by Crippen LogP contribution is -2.50. The minimum Gasteiger partial charge on any atom is -0.344 e. The molecule has 1 aromatic rings. The topological polar surface area (TPSA) is 49.6 Å². The molecule has 1 saturated heterocycles. The highest BCUT2D eigenvalue weighted by atomic mass is 16.2. The van der Waals surface area contributed by atoms with Crippen molar-refractivity contribution in [3.05, 3.63) is 35.9 Å². The van der Waals surface area contributed by atoms with Gasteiger partial charge in [-0.15, -0.1) is 0 Å². The van der Waals surface area contributed by atoms with Crippen molar-refractivity contribution in [1.82, 2.24) is 9.80 Å². The highest BCUT2D eigenvalue weighted by Crippen LogP contribution is 2.20. The largest absolute Gasteiger partial charge is 0.344 e. The zero-order chi connectivity index (χ0) is 15.5. The van der Waals surface area contributed by atoms with Gasteiger partial charge < -0.3 is 10.6 Å². The molecule has 1 heterocycles. The van der Waals surface area contributed by atoms with E-state index in [1.165, 1.54) is 5.56 Å². The first kappa shape index (κ1) is 16.0. The number of hydrogen-bond acceptors (Lipinski definition) is 3. The molecule has 4 heteroatoms. The number of amides is 1. The second-order valence-electron chi connectivity index (χ2n) is 6.78. The van der Waals surface area contributed by atoms with Gasteiger partial charge in [0.05, 0.1) is 5.54 Å². The van der Waals surface area contributed by atoms with E-state index in [9.17, 15) is 4.79 Å². The number of hydrogen-bond donors (Lipinski definition) is 1. The zero-order valence-corrected chi connectivity index (χ0v) is 13.4. The predicted octanol–water partition coefficient (Wildman–Crippen LogP) is 1.70. The van der Waals surface area contributed by atoms with Gasteiger partial charge in [0.2, 0.25) is 5.91 Å². The van der Waals surface area contributed by atoms with Gasteiger partial charge >= 0.3 is 0 Å². The summed E-state index contributed by atoms with van der Waals surface area (Å²) in [5, 5.41) is 0. The normalized spacial score (nSPS) is 19.7. The summed E-state index contributed by atoms with van der Waals surface area (Å²) in [5.41, 5.74) is 6.45. The number of carbonyl (C=O) groups is 1. The highest BCUT2D eigenvalue weighted by Gasteiger charge is 2.29. The van der Waals surface area contributed by atoms with E-state index in [2.05, 4.69) is 29.2 Å². The Hall–Kier alpha value is -1.39. The van der Waals surface area contributed by atoms with E-state index < -0.39 is 5.54 Å². The monoisotopic (exact) mass is 289 g/mol. The maximum atomic E-state index is 12.1. The van der Waals surface area contributed by atoms with Crippen LogP contribution in [0.5, 0.6) is 0 Å². The smallest absolute Gasteiger partial charge is 0.241 e. The van der Waals surface area contributed by atoms with Gasteiger partial charge in [0.25, 0.3) is 0 Å². The first-order valence-electron chi connectivity index (χ1n) is 7.67. The average Bonchev–Trinajstić information content (AvgIpc) is 2.85.